The highest BCUT2D eigenvalue weighted by Crippen LogP contribution is 2.19. The van der Waals surface area contributed by atoms with Crippen LogP contribution in [0, 0.1) is 13.8 Å². The first-order valence-corrected chi connectivity index (χ1v) is 8.98. The molecule has 1 aromatic heterocycles. The lowest BCUT2D eigenvalue weighted by Gasteiger charge is -2.10. The Kier molecular flexibility index (Phi) is 5.37. The van der Waals surface area contributed by atoms with Crippen molar-refractivity contribution in [3.63, 3.8) is 0 Å². The van der Waals surface area contributed by atoms with Gasteiger partial charge in [0.25, 0.3) is 0 Å². The van der Waals surface area contributed by atoms with Gasteiger partial charge in [0.15, 0.2) is 0 Å². The van der Waals surface area contributed by atoms with Crippen LogP contribution in [0.25, 0.3) is 11.0 Å². The molecule has 2 N–H and O–H groups in total. The number of para-hydroxylation sites is 2. The van der Waals surface area contributed by atoms with Crippen LogP contribution in [-0.2, 0) is 16.1 Å². The molecule has 7 heteroatoms. The van der Waals surface area contributed by atoms with Crippen molar-refractivity contribution in [3.8, 4) is 0 Å². The number of amides is 2. The normalized spacial score (nSPS) is 10.7. The first-order valence-electron chi connectivity index (χ1n) is 8.18. The fourth-order valence-electron chi connectivity index (χ4n) is 2.74. The summed E-state index contributed by atoms with van der Waals surface area (Å²) in [5.74, 6) is 0.256. The zero-order valence-electron chi connectivity index (χ0n) is 14.5. The van der Waals surface area contributed by atoms with E-state index in [2.05, 4.69) is 31.5 Å². The number of benzene rings is 2. The maximum atomic E-state index is 12.2. The zero-order valence-corrected chi connectivity index (χ0v) is 16.1. The minimum absolute atomic E-state index is 0.0833. The number of rotatable bonds is 5. The van der Waals surface area contributed by atoms with Gasteiger partial charge in [0, 0.05) is 10.2 Å². The number of hydrogen-bond acceptors (Lipinski definition) is 3. The van der Waals surface area contributed by atoms with Gasteiger partial charge >= 0.3 is 0 Å². The lowest BCUT2D eigenvalue weighted by atomic mass is 10.2. The van der Waals surface area contributed by atoms with E-state index in [4.69, 9.17) is 0 Å². The molecule has 26 heavy (non-hydrogen) atoms. The number of fused-ring (bicyclic) bond motifs is 1. The molecule has 0 aliphatic carbocycles. The molecule has 0 radical (unpaired) electrons. The summed E-state index contributed by atoms with van der Waals surface area (Å²) in [5.41, 5.74) is 3.42. The molecule has 0 atom stereocenters. The van der Waals surface area contributed by atoms with E-state index in [1.54, 1.807) is 0 Å². The smallest absolute Gasteiger partial charge is 0.243 e. The Balaban J connectivity index is 1.58. The third-order valence-electron chi connectivity index (χ3n) is 4.06. The molecule has 134 valence electrons. The number of nitrogens with zero attached hydrogens (tertiary/aromatic N) is 2. The summed E-state index contributed by atoms with van der Waals surface area (Å²) >= 11 is 3.39. The number of carbonyl (C=O) groups excluding carboxylic acids is 2. The summed E-state index contributed by atoms with van der Waals surface area (Å²) in [6.45, 7) is 3.80. The van der Waals surface area contributed by atoms with Crippen LogP contribution in [0.2, 0.25) is 0 Å². The quantitative estimate of drug-likeness (QED) is 0.672. The first kappa shape index (κ1) is 18.1. The molecule has 0 unspecified atom stereocenters. The Hall–Kier alpha value is -2.67. The summed E-state index contributed by atoms with van der Waals surface area (Å²) < 4.78 is 2.78. The average Bonchev–Trinajstić information content (AvgIpc) is 2.91. The van der Waals surface area contributed by atoms with Crippen molar-refractivity contribution in [1.82, 2.24) is 14.9 Å². The molecule has 0 saturated heterocycles. The monoisotopic (exact) mass is 414 g/mol. The van der Waals surface area contributed by atoms with E-state index >= 15 is 0 Å². The highest BCUT2D eigenvalue weighted by atomic mass is 79.9. The molecule has 0 aliphatic heterocycles. The Morgan fingerprint density at radius 3 is 2.65 bits per heavy atom. The van der Waals surface area contributed by atoms with Gasteiger partial charge in [-0.05, 0) is 49.7 Å². The van der Waals surface area contributed by atoms with Crippen LogP contribution in [0.4, 0.5) is 5.69 Å². The van der Waals surface area contributed by atoms with Crippen molar-refractivity contribution in [1.29, 1.82) is 0 Å². The molecule has 0 bridgehead atoms. The number of aromatic nitrogens is 2. The third-order valence-corrected chi connectivity index (χ3v) is 4.55. The van der Waals surface area contributed by atoms with Gasteiger partial charge in [-0.25, -0.2) is 4.98 Å². The lowest BCUT2D eigenvalue weighted by Crippen LogP contribution is -2.35. The van der Waals surface area contributed by atoms with Gasteiger partial charge in [-0.1, -0.05) is 28.1 Å². The number of imidazole rings is 1. The van der Waals surface area contributed by atoms with Gasteiger partial charge in [-0.2, -0.15) is 0 Å². The summed E-state index contributed by atoms with van der Waals surface area (Å²) in [4.78, 5) is 28.7. The summed E-state index contributed by atoms with van der Waals surface area (Å²) in [6.07, 6.45) is 0. The number of nitrogens with one attached hydrogen (secondary N) is 2. The van der Waals surface area contributed by atoms with Gasteiger partial charge < -0.3 is 15.2 Å². The van der Waals surface area contributed by atoms with E-state index < -0.39 is 0 Å². The van der Waals surface area contributed by atoms with E-state index in [1.807, 2.05) is 60.9 Å². The second kappa shape index (κ2) is 7.70. The third kappa shape index (κ3) is 4.11. The summed E-state index contributed by atoms with van der Waals surface area (Å²) in [5, 5.41) is 5.45. The summed E-state index contributed by atoms with van der Waals surface area (Å²) in [6, 6.07) is 13.2. The Morgan fingerprint density at radius 1 is 1.12 bits per heavy atom. The van der Waals surface area contributed by atoms with Crippen molar-refractivity contribution >= 4 is 44.5 Å². The van der Waals surface area contributed by atoms with Crippen molar-refractivity contribution in [2.24, 2.45) is 0 Å². The molecule has 2 aromatic carbocycles. The van der Waals surface area contributed by atoms with Gasteiger partial charge in [-0.3, -0.25) is 9.59 Å². The minimum atomic E-state index is -0.268. The lowest BCUT2D eigenvalue weighted by molar-refractivity contribution is -0.124. The maximum Gasteiger partial charge on any atom is 0.243 e. The maximum absolute atomic E-state index is 12.2. The van der Waals surface area contributed by atoms with Crippen LogP contribution in [-0.4, -0.2) is 27.9 Å². The fourth-order valence-corrected chi connectivity index (χ4v) is 3.21. The topological polar surface area (TPSA) is 76.0 Å². The van der Waals surface area contributed by atoms with Crippen LogP contribution in [0.15, 0.2) is 46.9 Å². The molecule has 0 fully saturated rings. The van der Waals surface area contributed by atoms with Crippen LogP contribution >= 0.6 is 15.9 Å². The molecule has 0 aliphatic rings. The van der Waals surface area contributed by atoms with Gasteiger partial charge in [-0.15, -0.1) is 0 Å². The number of anilines is 1. The van der Waals surface area contributed by atoms with Gasteiger partial charge in [0.05, 0.1) is 17.6 Å². The molecule has 3 rings (SSSR count). The highest BCUT2D eigenvalue weighted by molar-refractivity contribution is 9.10. The molecule has 2 amide bonds. The fraction of sp³-hybridized carbons (Fsp3) is 0.211. The van der Waals surface area contributed by atoms with Gasteiger partial charge in [0.1, 0.15) is 12.4 Å². The Bertz CT molecular complexity index is 981. The number of aryl methyl sites for hydroxylation is 2. The second-order valence-corrected chi connectivity index (χ2v) is 6.93. The number of hydrogen-bond donors (Lipinski definition) is 2. The Labute approximate surface area is 159 Å². The first-order chi connectivity index (χ1) is 12.4. The van der Waals surface area contributed by atoms with Crippen molar-refractivity contribution in [2.45, 2.75) is 20.4 Å². The SMILES string of the molecule is Cc1cc(Br)ccc1NC(=O)CNC(=O)Cn1c(C)nc2ccccc21. The molecule has 3 aromatic rings. The average molecular weight is 415 g/mol. The van der Waals surface area contributed by atoms with Crippen molar-refractivity contribution < 1.29 is 9.59 Å². The van der Waals surface area contributed by atoms with Crippen molar-refractivity contribution in [3.05, 3.63) is 58.3 Å². The molecule has 6 nitrogen and oxygen atoms in total. The molecular weight excluding hydrogens is 396 g/mol. The van der Waals surface area contributed by atoms with Crippen LogP contribution in [0.1, 0.15) is 11.4 Å². The molecular formula is C19H19BrN4O2. The van der Waals surface area contributed by atoms with E-state index in [0.29, 0.717) is 0 Å². The van der Waals surface area contributed by atoms with E-state index in [-0.39, 0.29) is 24.9 Å². The van der Waals surface area contributed by atoms with Crippen molar-refractivity contribution in [2.75, 3.05) is 11.9 Å². The number of carbonyl (C=O) groups is 2. The van der Waals surface area contributed by atoms with E-state index in [9.17, 15) is 9.59 Å². The largest absolute Gasteiger partial charge is 0.345 e. The molecule has 0 spiro atoms. The van der Waals surface area contributed by atoms with Crippen LogP contribution in [0.5, 0.6) is 0 Å². The van der Waals surface area contributed by atoms with Crippen LogP contribution < -0.4 is 10.6 Å². The van der Waals surface area contributed by atoms with Crippen LogP contribution in [0.3, 0.4) is 0 Å². The second-order valence-electron chi connectivity index (χ2n) is 6.02. The minimum Gasteiger partial charge on any atom is -0.345 e. The predicted molar refractivity (Wildman–Crippen MR) is 105 cm³/mol. The predicted octanol–water partition coefficient (Wildman–Crippen LogP) is 3.17. The highest BCUT2D eigenvalue weighted by Gasteiger charge is 2.12. The van der Waals surface area contributed by atoms with E-state index in [1.165, 1.54) is 0 Å². The molecule has 0 saturated carbocycles. The van der Waals surface area contributed by atoms with E-state index in [0.717, 1.165) is 32.6 Å². The van der Waals surface area contributed by atoms with Gasteiger partial charge in [0.2, 0.25) is 11.8 Å². The molecule has 1 heterocycles. The number of halogens is 1. The zero-order chi connectivity index (χ0) is 18.7. The summed E-state index contributed by atoms with van der Waals surface area (Å²) in [7, 11) is 0. The Morgan fingerprint density at radius 2 is 1.88 bits per heavy atom. The standard InChI is InChI=1S/C19H19BrN4O2/c1-12-9-14(20)7-8-15(12)23-18(25)10-21-19(26)11-24-13(2)22-16-5-3-4-6-17(16)24/h3-9H,10-11H2,1-2H3,(H,21,26)(H,23,25).